The predicted octanol–water partition coefficient (Wildman–Crippen LogP) is 0.672. The van der Waals surface area contributed by atoms with Gasteiger partial charge in [0.1, 0.15) is 0 Å². The smallest absolute Gasteiger partial charge is 0.220 e. The second-order valence-corrected chi connectivity index (χ2v) is 4.17. The number of aliphatic hydroxyl groups is 2. The summed E-state index contributed by atoms with van der Waals surface area (Å²) in [6.45, 7) is 4.52. The van der Waals surface area contributed by atoms with Crippen LogP contribution < -0.4 is 5.32 Å². The van der Waals surface area contributed by atoms with Crippen LogP contribution in [0.25, 0.3) is 0 Å². The molecule has 0 aliphatic rings. The van der Waals surface area contributed by atoms with Gasteiger partial charge in [0.2, 0.25) is 5.91 Å². The third-order valence-electron chi connectivity index (χ3n) is 2.30. The van der Waals surface area contributed by atoms with E-state index in [1.165, 1.54) is 0 Å². The van der Waals surface area contributed by atoms with Crippen LogP contribution in [0, 0.1) is 5.92 Å². The number of aliphatic hydroxyl groups excluding tert-OH is 2. The molecule has 0 aliphatic heterocycles. The van der Waals surface area contributed by atoms with Crippen molar-refractivity contribution in [2.75, 3.05) is 13.2 Å². The molecule has 0 radical (unpaired) electrons. The van der Waals surface area contributed by atoms with E-state index in [0.717, 1.165) is 12.8 Å². The molecule has 0 aromatic heterocycles. The Hall–Kier alpha value is -0.610. The Morgan fingerprint density at radius 1 is 1.33 bits per heavy atom. The molecule has 0 aromatic rings. The molecule has 3 N–H and O–H groups in total. The highest BCUT2D eigenvalue weighted by Crippen LogP contribution is 2.02. The van der Waals surface area contributed by atoms with Crippen LogP contribution >= 0.6 is 0 Å². The summed E-state index contributed by atoms with van der Waals surface area (Å²) >= 11 is 0. The average molecular weight is 217 g/mol. The van der Waals surface area contributed by atoms with Gasteiger partial charge in [-0.15, -0.1) is 0 Å². The minimum absolute atomic E-state index is 0.00690. The Bertz CT molecular complexity index is 171. The van der Waals surface area contributed by atoms with Crippen molar-refractivity contribution >= 4 is 5.91 Å². The summed E-state index contributed by atoms with van der Waals surface area (Å²) in [5.74, 6) is 0.298. The van der Waals surface area contributed by atoms with E-state index in [4.69, 9.17) is 10.2 Å². The molecule has 90 valence electrons. The average Bonchev–Trinajstić information content (AvgIpc) is 2.21. The van der Waals surface area contributed by atoms with E-state index in [1.807, 2.05) is 6.92 Å². The molecule has 0 aromatic carbocycles. The molecule has 1 amide bonds. The molecule has 4 heteroatoms. The van der Waals surface area contributed by atoms with E-state index in [2.05, 4.69) is 5.32 Å². The summed E-state index contributed by atoms with van der Waals surface area (Å²) in [5, 5.41) is 20.5. The summed E-state index contributed by atoms with van der Waals surface area (Å²) in [5.41, 5.74) is 0. The number of nitrogens with one attached hydrogen (secondary N) is 1. The molecule has 2 unspecified atom stereocenters. The first-order chi connectivity index (χ1) is 7.06. The molecule has 15 heavy (non-hydrogen) atoms. The Kier molecular flexibility index (Phi) is 8.33. The van der Waals surface area contributed by atoms with Crippen LogP contribution in [0.5, 0.6) is 0 Å². The predicted molar refractivity (Wildman–Crippen MR) is 59.4 cm³/mol. The molecule has 0 spiro atoms. The van der Waals surface area contributed by atoms with Crippen LogP contribution in [-0.2, 0) is 4.79 Å². The number of hydrogen-bond donors (Lipinski definition) is 3. The molecular weight excluding hydrogens is 194 g/mol. The van der Waals surface area contributed by atoms with Crippen molar-refractivity contribution < 1.29 is 15.0 Å². The van der Waals surface area contributed by atoms with Gasteiger partial charge in [-0.3, -0.25) is 4.79 Å². The molecule has 4 nitrogen and oxygen atoms in total. The number of amides is 1. The van der Waals surface area contributed by atoms with Gasteiger partial charge >= 0.3 is 0 Å². The highest BCUT2D eigenvalue weighted by Gasteiger charge is 2.04. The van der Waals surface area contributed by atoms with Crippen LogP contribution in [0.4, 0.5) is 0 Å². The fourth-order valence-electron chi connectivity index (χ4n) is 1.20. The lowest BCUT2D eigenvalue weighted by Gasteiger charge is -2.08. The van der Waals surface area contributed by atoms with Gasteiger partial charge < -0.3 is 15.5 Å². The van der Waals surface area contributed by atoms with Crippen LogP contribution in [-0.4, -0.2) is 35.4 Å². The number of hydrogen-bond acceptors (Lipinski definition) is 3. The largest absolute Gasteiger partial charge is 0.396 e. The molecule has 0 bridgehead atoms. The van der Waals surface area contributed by atoms with Crippen molar-refractivity contribution in [1.29, 1.82) is 0 Å². The van der Waals surface area contributed by atoms with Gasteiger partial charge in [0.15, 0.2) is 0 Å². The third-order valence-corrected chi connectivity index (χ3v) is 2.30. The van der Waals surface area contributed by atoms with Gasteiger partial charge in [0, 0.05) is 19.6 Å². The van der Waals surface area contributed by atoms with E-state index < -0.39 is 6.10 Å². The maximum Gasteiger partial charge on any atom is 0.220 e. The normalized spacial score (nSPS) is 14.7. The maximum absolute atomic E-state index is 11.2. The number of carbonyl (C=O) groups excluding carboxylic acids is 1. The lowest BCUT2D eigenvalue weighted by Crippen LogP contribution is -2.25. The highest BCUT2D eigenvalue weighted by atomic mass is 16.3. The summed E-state index contributed by atoms with van der Waals surface area (Å²) in [7, 11) is 0. The second kappa shape index (κ2) is 8.68. The van der Waals surface area contributed by atoms with Crippen LogP contribution in [0.3, 0.4) is 0 Å². The summed E-state index contributed by atoms with van der Waals surface area (Å²) in [4.78, 5) is 11.2. The molecule has 0 fully saturated rings. The minimum atomic E-state index is -0.412. The summed E-state index contributed by atoms with van der Waals surface area (Å²) < 4.78 is 0. The lowest BCUT2D eigenvalue weighted by atomic mass is 10.1. The Morgan fingerprint density at radius 3 is 2.53 bits per heavy atom. The van der Waals surface area contributed by atoms with Crippen molar-refractivity contribution in [2.45, 2.75) is 45.6 Å². The van der Waals surface area contributed by atoms with Crippen molar-refractivity contribution in [3.8, 4) is 0 Å². The van der Waals surface area contributed by atoms with Gasteiger partial charge in [-0.05, 0) is 32.1 Å². The van der Waals surface area contributed by atoms with Crippen molar-refractivity contribution in [3.05, 3.63) is 0 Å². The van der Waals surface area contributed by atoms with E-state index in [1.54, 1.807) is 6.92 Å². The Labute approximate surface area is 91.7 Å². The molecule has 2 atom stereocenters. The van der Waals surface area contributed by atoms with Crippen molar-refractivity contribution in [2.24, 2.45) is 5.92 Å². The molecule has 0 heterocycles. The third kappa shape index (κ3) is 9.69. The first-order valence-electron chi connectivity index (χ1n) is 5.62. The monoisotopic (exact) mass is 217 g/mol. The fourth-order valence-corrected chi connectivity index (χ4v) is 1.20. The summed E-state index contributed by atoms with van der Waals surface area (Å²) in [6.07, 6.45) is 2.30. The molecular formula is C11H23NO3. The molecule has 0 rings (SSSR count). The zero-order valence-corrected chi connectivity index (χ0v) is 9.70. The standard InChI is InChI=1S/C11H23NO3/c1-9(8-13)4-3-7-12-11(15)6-5-10(2)14/h9-10,13-14H,3-8H2,1-2H3,(H,12,15). The molecule has 0 saturated carbocycles. The number of carbonyl (C=O) groups is 1. The van der Waals surface area contributed by atoms with Crippen LogP contribution in [0.15, 0.2) is 0 Å². The maximum atomic E-state index is 11.2. The Morgan fingerprint density at radius 2 is 2.00 bits per heavy atom. The minimum Gasteiger partial charge on any atom is -0.396 e. The first kappa shape index (κ1) is 14.4. The lowest BCUT2D eigenvalue weighted by molar-refractivity contribution is -0.121. The van der Waals surface area contributed by atoms with Crippen molar-refractivity contribution in [1.82, 2.24) is 5.32 Å². The van der Waals surface area contributed by atoms with Crippen molar-refractivity contribution in [3.63, 3.8) is 0 Å². The van der Waals surface area contributed by atoms with E-state index in [-0.39, 0.29) is 12.5 Å². The molecule has 0 aliphatic carbocycles. The topological polar surface area (TPSA) is 69.6 Å². The first-order valence-corrected chi connectivity index (χ1v) is 5.62. The zero-order chi connectivity index (χ0) is 11.7. The number of rotatable bonds is 8. The van der Waals surface area contributed by atoms with E-state index in [9.17, 15) is 4.79 Å². The zero-order valence-electron chi connectivity index (χ0n) is 9.70. The SMILES string of the molecule is CC(O)CCC(=O)NCCCC(C)CO. The van der Waals surface area contributed by atoms with Gasteiger partial charge in [0.05, 0.1) is 6.10 Å². The summed E-state index contributed by atoms with van der Waals surface area (Å²) in [6, 6.07) is 0. The quantitative estimate of drug-likeness (QED) is 0.523. The Balaban J connectivity index is 3.31. The van der Waals surface area contributed by atoms with Gasteiger partial charge in [0.25, 0.3) is 0 Å². The van der Waals surface area contributed by atoms with Gasteiger partial charge in [-0.2, -0.15) is 0 Å². The van der Waals surface area contributed by atoms with Gasteiger partial charge in [-0.25, -0.2) is 0 Å². The second-order valence-electron chi connectivity index (χ2n) is 4.17. The fraction of sp³-hybridized carbons (Fsp3) is 0.909. The van der Waals surface area contributed by atoms with Crippen LogP contribution in [0.1, 0.15) is 39.5 Å². The van der Waals surface area contributed by atoms with Crippen LogP contribution in [0.2, 0.25) is 0 Å². The molecule has 0 saturated heterocycles. The van der Waals surface area contributed by atoms with E-state index in [0.29, 0.717) is 25.3 Å². The van der Waals surface area contributed by atoms with E-state index >= 15 is 0 Å². The highest BCUT2D eigenvalue weighted by molar-refractivity contribution is 5.75. The van der Waals surface area contributed by atoms with Gasteiger partial charge in [-0.1, -0.05) is 6.92 Å².